The molecule has 6 heteroatoms. The minimum absolute atomic E-state index is 0.117. The van der Waals surface area contributed by atoms with Crippen molar-refractivity contribution in [3.63, 3.8) is 0 Å². The Morgan fingerprint density at radius 3 is 2.56 bits per heavy atom. The lowest BCUT2D eigenvalue weighted by Crippen LogP contribution is -2.30. The third-order valence-corrected chi connectivity index (χ3v) is 5.44. The number of benzene rings is 1. The number of thioether (sulfide) groups is 1. The Kier molecular flexibility index (Phi) is 5.71. The van der Waals surface area contributed by atoms with Crippen LogP contribution in [0.1, 0.15) is 0 Å². The summed E-state index contributed by atoms with van der Waals surface area (Å²) in [5, 5.41) is 0. The van der Waals surface area contributed by atoms with Crippen LogP contribution < -0.4 is 5.73 Å². The molecule has 1 aromatic carbocycles. The number of nitrogens with two attached hydrogens (primary N) is 1. The van der Waals surface area contributed by atoms with Crippen molar-refractivity contribution < 1.29 is 8.42 Å². The van der Waals surface area contributed by atoms with E-state index in [0.717, 1.165) is 4.90 Å². The third-order valence-electron chi connectivity index (χ3n) is 2.35. The van der Waals surface area contributed by atoms with Gasteiger partial charge in [-0.1, -0.05) is 6.08 Å². The third kappa shape index (κ3) is 4.72. The summed E-state index contributed by atoms with van der Waals surface area (Å²) in [4.78, 5) is 1.02. The summed E-state index contributed by atoms with van der Waals surface area (Å²) in [6.07, 6.45) is 1.57. The van der Waals surface area contributed by atoms with Crippen molar-refractivity contribution in [2.75, 3.05) is 30.8 Å². The number of rotatable bonds is 7. The number of hydrogen-bond donors (Lipinski definition) is 1. The minimum atomic E-state index is -3.18. The van der Waals surface area contributed by atoms with Gasteiger partial charge in [0.1, 0.15) is 0 Å². The summed E-state index contributed by atoms with van der Waals surface area (Å²) in [6, 6.07) is 7.39. The molecule has 1 rings (SSSR count). The second-order valence-electron chi connectivity index (χ2n) is 3.80. The molecule has 0 fully saturated rings. The molecule has 18 heavy (non-hydrogen) atoms. The van der Waals surface area contributed by atoms with Crippen molar-refractivity contribution in [1.29, 1.82) is 0 Å². The van der Waals surface area contributed by atoms with Gasteiger partial charge in [-0.15, -0.1) is 18.3 Å². The molecule has 4 nitrogen and oxygen atoms in total. The van der Waals surface area contributed by atoms with Gasteiger partial charge >= 0.3 is 0 Å². The molecule has 0 amide bonds. The SMILES string of the molecule is C=CCN(C)S(=O)(=O)CCSc1ccc(N)cc1. The Morgan fingerprint density at radius 1 is 1.39 bits per heavy atom. The maximum atomic E-state index is 11.8. The molecule has 0 aromatic heterocycles. The topological polar surface area (TPSA) is 63.4 Å². The van der Waals surface area contributed by atoms with E-state index in [1.54, 1.807) is 25.3 Å². The van der Waals surface area contributed by atoms with Crippen molar-refractivity contribution in [3.8, 4) is 0 Å². The summed E-state index contributed by atoms with van der Waals surface area (Å²) in [5.41, 5.74) is 6.28. The van der Waals surface area contributed by atoms with Gasteiger partial charge in [0.25, 0.3) is 0 Å². The quantitative estimate of drug-likeness (QED) is 0.472. The predicted octanol–water partition coefficient (Wildman–Crippen LogP) is 1.81. The van der Waals surface area contributed by atoms with Gasteiger partial charge in [0.2, 0.25) is 10.0 Å². The van der Waals surface area contributed by atoms with Crippen LogP contribution in [0.15, 0.2) is 41.8 Å². The zero-order chi connectivity index (χ0) is 13.6. The van der Waals surface area contributed by atoms with E-state index in [-0.39, 0.29) is 5.75 Å². The monoisotopic (exact) mass is 286 g/mol. The van der Waals surface area contributed by atoms with Gasteiger partial charge in [-0.2, -0.15) is 0 Å². The second kappa shape index (κ2) is 6.82. The maximum absolute atomic E-state index is 11.8. The van der Waals surface area contributed by atoms with Crippen molar-refractivity contribution in [2.45, 2.75) is 4.90 Å². The largest absolute Gasteiger partial charge is 0.399 e. The highest BCUT2D eigenvalue weighted by Crippen LogP contribution is 2.19. The summed E-state index contributed by atoms with van der Waals surface area (Å²) < 4.78 is 24.9. The van der Waals surface area contributed by atoms with Crippen molar-refractivity contribution in [1.82, 2.24) is 4.31 Å². The van der Waals surface area contributed by atoms with Crippen molar-refractivity contribution >= 4 is 27.5 Å². The first-order valence-electron chi connectivity index (χ1n) is 5.49. The van der Waals surface area contributed by atoms with Gasteiger partial charge in [0, 0.05) is 29.9 Å². The number of sulfonamides is 1. The number of nitrogen functional groups attached to an aromatic ring is 1. The Labute approximate surface area is 113 Å². The molecule has 0 aliphatic heterocycles. The van der Waals surface area contributed by atoms with Gasteiger partial charge in [-0.3, -0.25) is 0 Å². The van der Waals surface area contributed by atoms with Crippen molar-refractivity contribution in [3.05, 3.63) is 36.9 Å². The highest BCUT2D eigenvalue weighted by Gasteiger charge is 2.15. The first kappa shape index (κ1) is 15.1. The standard InChI is InChI=1S/C12H18N2O2S2/c1-3-8-14(2)18(15,16)10-9-17-12-6-4-11(13)5-7-12/h3-7H,1,8-10,13H2,2H3. The van der Waals surface area contributed by atoms with Crippen LogP contribution in [0.25, 0.3) is 0 Å². The number of hydrogen-bond acceptors (Lipinski definition) is 4. The van der Waals surface area contributed by atoms with Gasteiger partial charge in [-0.05, 0) is 24.3 Å². The van der Waals surface area contributed by atoms with Crippen LogP contribution in [-0.4, -0.2) is 37.8 Å². The van der Waals surface area contributed by atoms with Crippen LogP contribution in [-0.2, 0) is 10.0 Å². The van der Waals surface area contributed by atoms with E-state index in [0.29, 0.717) is 18.0 Å². The van der Waals surface area contributed by atoms with Crippen LogP contribution >= 0.6 is 11.8 Å². The summed E-state index contributed by atoms with van der Waals surface area (Å²) in [5.74, 6) is 0.639. The zero-order valence-electron chi connectivity index (χ0n) is 10.4. The molecular weight excluding hydrogens is 268 g/mol. The lowest BCUT2D eigenvalue weighted by Gasteiger charge is -2.14. The zero-order valence-corrected chi connectivity index (χ0v) is 12.0. The molecule has 0 bridgehead atoms. The van der Waals surface area contributed by atoms with Crippen LogP contribution in [0.4, 0.5) is 5.69 Å². The molecule has 0 saturated carbocycles. The first-order chi connectivity index (χ1) is 8.45. The Morgan fingerprint density at radius 2 is 2.00 bits per heavy atom. The van der Waals surface area contributed by atoms with E-state index in [4.69, 9.17) is 5.73 Å². The molecule has 0 aliphatic carbocycles. The van der Waals surface area contributed by atoms with Crippen LogP contribution in [0.3, 0.4) is 0 Å². The van der Waals surface area contributed by atoms with E-state index in [1.165, 1.54) is 16.1 Å². The molecule has 0 heterocycles. The van der Waals surface area contributed by atoms with Crippen LogP contribution in [0.5, 0.6) is 0 Å². The predicted molar refractivity (Wildman–Crippen MR) is 78.2 cm³/mol. The molecule has 100 valence electrons. The highest BCUT2D eigenvalue weighted by atomic mass is 32.2. The minimum Gasteiger partial charge on any atom is -0.399 e. The fourth-order valence-electron chi connectivity index (χ4n) is 1.28. The van der Waals surface area contributed by atoms with Crippen LogP contribution in [0, 0.1) is 0 Å². The average molecular weight is 286 g/mol. The Balaban J connectivity index is 2.46. The van der Waals surface area contributed by atoms with E-state index in [1.807, 2.05) is 12.1 Å². The Bertz CT molecular complexity index is 483. The van der Waals surface area contributed by atoms with Gasteiger partial charge < -0.3 is 5.73 Å². The van der Waals surface area contributed by atoms with E-state index >= 15 is 0 Å². The summed E-state index contributed by atoms with van der Waals surface area (Å²) >= 11 is 1.50. The maximum Gasteiger partial charge on any atom is 0.214 e. The molecule has 0 atom stereocenters. The molecule has 1 aromatic rings. The molecule has 0 saturated heterocycles. The van der Waals surface area contributed by atoms with Crippen LogP contribution in [0.2, 0.25) is 0 Å². The normalized spacial score (nSPS) is 11.7. The summed E-state index contributed by atoms with van der Waals surface area (Å²) in [6.45, 7) is 3.87. The van der Waals surface area contributed by atoms with Crippen molar-refractivity contribution in [2.24, 2.45) is 0 Å². The van der Waals surface area contributed by atoms with E-state index in [2.05, 4.69) is 6.58 Å². The summed E-state index contributed by atoms with van der Waals surface area (Å²) in [7, 11) is -1.62. The number of likely N-dealkylation sites (N-methyl/N-ethyl adjacent to an activating group) is 1. The second-order valence-corrected chi connectivity index (χ2v) is 7.17. The fourth-order valence-corrected chi connectivity index (χ4v) is 3.66. The van der Waals surface area contributed by atoms with E-state index < -0.39 is 10.0 Å². The van der Waals surface area contributed by atoms with Gasteiger partial charge in [-0.25, -0.2) is 12.7 Å². The number of anilines is 1. The lowest BCUT2D eigenvalue weighted by molar-refractivity contribution is 0.501. The first-order valence-corrected chi connectivity index (χ1v) is 8.08. The highest BCUT2D eigenvalue weighted by molar-refractivity contribution is 8.00. The average Bonchev–Trinajstić information content (AvgIpc) is 2.32. The molecule has 2 N–H and O–H groups in total. The molecule has 0 aliphatic rings. The molecule has 0 unspecified atom stereocenters. The number of nitrogens with zero attached hydrogens (tertiary/aromatic N) is 1. The molecule has 0 radical (unpaired) electrons. The molecule has 0 spiro atoms. The van der Waals surface area contributed by atoms with Gasteiger partial charge in [0.05, 0.1) is 5.75 Å². The van der Waals surface area contributed by atoms with Gasteiger partial charge in [0.15, 0.2) is 0 Å². The molecular formula is C12H18N2O2S2. The lowest BCUT2D eigenvalue weighted by atomic mass is 10.3. The smallest absolute Gasteiger partial charge is 0.214 e. The Hall–Kier alpha value is -0.980. The fraction of sp³-hybridized carbons (Fsp3) is 0.333. The van der Waals surface area contributed by atoms with E-state index in [9.17, 15) is 8.42 Å².